The molecule has 4 rings (SSSR count). The molecule has 0 aromatic heterocycles. The largest absolute Gasteiger partial charge is 0.509 e. The van der Waals surface area contributed by atoms with Crippen LogP contribution in [0.4, 0.5) is 4.79 Å². The number of hydrogen-bond donors (Lipinski definition) is 0. The number of benzene rings is 1. The number of hydrogen-bond acceptors (Lipinski definition) is 5. The van der Waals surface area contributed by atoms with Crippen LogP contribution in [0.5, 0.6) is 0 Å². The van der Waals surface area contributed by atoms with Gasteiger partial charge >= 0.3 is 6.16 Å². The minimum atomic E-state index is -0.582. The van der Waals surface area contributed by atoms with Crippen LogP contribution in [0.25, 0.3) is 0 Å². The fourth-order valence-corrected chi connectivity index (χ4v) is 4.61. The van der Waals surface area contributed by atoms with Gasteiger partial charge in [0.1, 0.15) is 6.61 Å². The van der Waals surface area contributed by atoms with Gasteiger partial charge in [-0.2, -0.15) is 0 Å². The van der Waals surface area contributed by atoms with Crippen molar-refractivity contribution in [2.45, 2.75) is 35.0 Å². The van der Waals surface area contributed by atoms with Crippen LogP contribution in [-0.4, -0.2) is 47.5 Å². The van der Waals surface area contributed by atoms with Crippen molar-refractivity contribution in [2.24, 2.45) is 0 Å². The van der Waals surface area contributed by atoms with E-state index in [4.69, 9.17) is 9.47 Å². The van der Waals surface area contributed by atoms with E-state index in [1.165, 1.54) is 10.5 Å². The van der Waals surface area contributed by atoms with Crippen molar-refractivity contribution in [1.82, 2.24) is 4.90 Å². The van der Waals surface area contributed by atoms with Crippen LogP contribution in [-0.2, 0) is 20.7 Å². The molecule has 0 saturated carbocycles. The maximum atomic E-state index is 12.7. The maximum absolute atomic E-state index is 12.7. The van der Waals surface area contributed by atoms with Gasteiger partial charge in [0, 0.05) is 30.8 Å². The Morgan fingerprint density at radius 1 is 1.27 bits per heavy atom. The monoisotopic (exact) mass is 319 g/mol. The number of carbonyl (C=O) groups is 2. The number of piperidine rings is 1. The van der Waals surface area contributed by atoms with Crippen LogP contribution in [0.2, 0.25) is 0 Å². The lowest BCUT2D eigenvalue weighted by Gasteiger charge is -2.37. The summed E-state index contributed by atoms with van der Waals surface area (Å²) in [5.41, 5.74) is 0.761. The zero-order valence-electron chi connectivity index (χ0n) is 12.1. The van der Waals surface area contributed by atoms with Gasteiger partial charge in [0.25, 0.3) is 0 Å². The number of nitrogens with zero attached hydrogens (tertiary/aromatic N) is 1. The molecule has 22 heavy (non-hydrogen) atoms. The van der Waals surface area contributed by atoms with Crippen molar-refractivity contribution < 1.29 is 19.1 Å². The fraction of sp³-hybridized carbons (Fsp3) is 0.500. The third-order valence-electron chi connectivity index (χ3n) is 4.66. The van der Waals surface area contributed by atoms with E-state index in [0.717, 1.165) is 6.42 Å². The van der Waals surface area contributed by atoms with E-state index in [1.54, 1.807) is 11.8 Å². The Bertz CT molecular complexity index is 599. The molecule has 5 nitrogen and oxygen atoms in total. The van der Waals surface area contributed by atoms with Gasteiger partial charge in [-0.3, -0.25) is 4.79 Å². The summed E-state index contributed by atoms with van der Waals surface area (Å²) >= 11 is 1.66. The lowest BCUT2D eigenvalue weighted by molar-refractivity contribution is -0.134. The molecule has 116 valence electrons. The van der Waals surface area contributed by atoms with E-state index in [9.17, 15) is 9.59 Å². The number of thioether (sulfide) groups is 1. The average molecular weight is 319 g/mol. The molecular weight excluding hydrogens is 302 g/mol. The van der Waals surface area contributed by atoms with E-state index in [2.05, 4.69) is 12.1 Å². The minimum Gasteiger partial charge on any atom is -0.430 e. The second-order valence-corrected chi connectivity index (χ2v) is 7.31. The fourth-order valence-electron chi connectivity index (χ4n) is 3.33. The average Bonchev–Trinajstić information content (AvgIpc) is 3.11. The number of likely N-dealkylation sites (tertiary alicyclic amines) is 1. The standard InChI is InChI=1S/C16H17NO4S/c18-14(13-9-11-3-1-2-4-12(11)22-13)17-7-5-16(6-8-17)10-20-15(19)21-16/h1-4,13H,5-10H2/t13-/m1/s1. The molecule has 2 saturated heterocycles. The smallest absolute Gasteiger partial charge is 0.430 e. The van der Waals surface area contributed by atoms with Crippen molar-refractivity contribution in [3.63, 3.8) is 0 Å². The van der Waals surface area contributed by atoms with Crippen LogP contribution < -0.4 is 0 Å². The molecule has 2 fully saturated rings. The summed E-state index contributed by atoms with van der Waals surface area (Å²) in [5, 5.41) is -0.0196. The van der Waals surface area contributed by atoms with Crippen LogP contribution in [0.15, 0.2) is 29.2 Å². The Balaban J connectivity index is 1.38. The first-order valence-electron chi connectivity index (χ1n) is 7.54. The Labute approximate surface area is 132 Å². The van der Waals surface area contributed by atoms with Crippen molar-refractivity contribution >= 4 is 23.8 Å². The highest BCUT2D eigenvalue weighted by molar-refractivity contribution is 8.01. The first-order valence-corrected chi connectivity index (χ1v) is 8.42. The quantitative estimate of drug-likeness (QED) is 0.743. The van der Waals surface area contributed by atoms with Crippen LogP contribution in [0, 0.1) is 0 Å². The summed E-state index contributed by atoms with van der Waals surface area (Å²) in [7, 11) is 0. The molecule has 3 heterocycles. The molecule has 6 heteroatoms. The Hall–Kier alpha value is -1.69. The molecule has 3 aliphatic heterocycles. The molecule has 1 atom stereocenters. The van der Waals surface area contributed by atoms with E-state index in [1.807, 2.05) is 17.0 Å². The molecule has 1 amide bonds. The first-order chi connectivity index (χ1) is 10.7. The van der Waals surface area contributed by atoms with Gasteiger partial charge < -0.3 is 14.4 Å². The molecule has 0 N–H and O–H groups in total. The van der Waals surface area contributed by atoms with Crippen LogP contribution in [0.3, 0.4) is 0 Å². The number of rotatable bonds is 1. The maximum Gasteiger partial charge on any atom is 0.509 e. The van der Waals surface area contributed by atoms with Gasteiger partial charge in [-0.25, -0.2) is 4.79 Å². The normalized spacial score (nSPS) is 25.7. The summed E-state index contributed by atoms with van der Waals surface area (Å²) in [6.45, 7) is 1.57. The van der Waals surface area contributed by atoms with Gasteiger partial charge in [0.05, 0.1) is 5.25 Å². The number of amides is 1. The van der Waals surface area contributed by atoms with Crippen LogP contribution in [0.1, 0.15) is 18.4 Å². The van der Waals surface area contributed by atoms with E-state index < -0.39 is 11.8 Å². The predicted octanol–water partition coefficient (Wildman–Crippen LogP) is 2.23. The molecule has 1 aromatic rings. The van der Waals surface area contributed by atoms with Gasteiger partial charge in [-0.05, 0) is 18.1 Å². The molecule has 0 unspecified atom stereocenters. The molecule has 0 bridgehead atoms. The van der Waals surface area contributed by atoms with E-state index in [0.29, 0.717) is 32.5 Å². The number of cyclic esters (lactones) is 1. The molecule has 3 aliphatic rings. The van der Waals surface area contributed by atoms with Gasteiger partial charge in [-0.1, -0.05) is 18.2 Å². The Kier molecular flexibility index (Phi) is 3.29. The molecule has 1 aromatic carbocycles. The topological polar surface area (TPSA) is 55.8 Å². The molecule has 0 aliphatic carbocycles. The zero-order chi connectivity index (χ0) is 15.2. The third kappa shape index (κ3) is 2.35. The molecule has 0 radical (unpaired) electrons. The summed E-state index contributed by atoms with van der Waals surface area (Å²) in [6, 6.07) is 8.20. The third-order valence-corrected chi connectivity index (χ3v) is 5.97. The van der Waals surface area contributed by atoms with E-state index >= 15 is 0 Å². The number of fused-ring (bicyclic) bond motifs is 1. The SMILES string of the molecule is O=C1OCC2(CCN(C(=O)[C@H]3Cc4ccccc4S3)CC2)O1. The van der Waals surface area contributed by atoms with Gasteiger partial charge in [-0.15, -0.1) is 11.8 Å². The van der Waals surface area contributed by atoms with Crippen molar-refractivity contribution in [3.8, 4) is 0 Å². The molecule has 1 spiro atoms. The van der Waals surface area contributed by atoms with Gasteiger partial charge in [0.2, 0.25) is 5.91 Å². The lowest BCUT2D eigenvalue weighted by atomic mass is 9.92. The van der Waals surface area contributed by atoms with Crippen molar-refractivity contribution in [2.75, 3.05) is 19.7 Å². The number of ether oxygens (including phenoxy) is 2. The number of carbonyl (C=O) groups excluding carboxylic acids is 2. The minimum absolute atomic E-state index is 0.0196. The lowest BCUT2D eigenvalue weighted by Crippen LogP contribution is -2.50. The van der Waals surface area contributed by atoms with Crippen molar-refractivity contribution in [1.29, 1.82) is 0 Å². The summed E-state index contributed by atoms with van der Waals surface area (Å²) in [5.74, 6) is 0.196. The predicted molar refractivity (Wildman–Crippen MR) is 80.8 cm³/mol. The van der Waals surface area contributed by atoms with Crippen LogP contribution >= 0.6 is 11.8 Å². The second kappa shape index (κ2) is 5.19. The highest BCUT2D eigenvalue weighted by Crippen LogP contribution is 2.39. The second-order valence-electron chi connectivity index (χ2n) is 6.07. The zero-order valence-corrected chi connectivity index (χ0v) is 12.9. The summed E-state index contributed by atoms with van der Waals surface area (Å²) in [4.78, 5) is 27.0. The molecular formula is C16H17NO4S. The van der Waals surface area contributed by atoms with Gasteiger partial charge in [0.15, 0.2) is 5.60 Å². The highest BCUT2D eigenvalue weighted by Gasteiger charge is 2.46. The van der Waals surface area contributed by atoms with E-state index in [-0.39, 0.29) is 11.2 Å². The van der Waals surface area contributed by atoms with Crippen molar-refractivity contribution in [3.05, 3.63) is 29.8 Å². The Morgan fingerprint density at radius 2 is 2.05 bits per heavy atom. The summed E-state index contributed by atoms with van der Waals surface area (Å²) in [6.07, 6.45) is 1.55. The Morgan fingerprint density at radius 3 is 2.73 bits per heavy atom. The first kappa shape index (κ1) is 13.9. The highest BCUT2D eigenvalue weighted by atomic mass is 32.2. The summed E-state index contributed by atoms with van der Waals surface area (Å²) < 4.78 is 10.2.